The van der Waals surface area contributed by atoms with Crippen LogP contribution >= 0.6 is 31.9 Å². The lowest BCUT2D eigenvalue weighted by Gasteiger charge is -2.09. The summed E-state index contributed by atoms with van der Waals surface area (Å²) in [5.74, 6) is 0.646. The molecule has 2 nitrogen and oxygen atoms in total. The van der Waals surface area contributed by atoms with Crippen LogP contribution in [0.2, 0.25) is 0 Å². The Morgan fingerprint density at radius 1 is 1.50 bits per heavy atom. The van der Waals surface area contributed by atoms with Crippen molar-refractivity contribution in [2.24, 2.45) is 5.92 Å². The summed E-state index contributed by atoms with van der Waals surface area (Å²) in [4.78, 5) is 0. The van der Waals surface area contributed by atoms with Crippen LogP contribution in [0.15, 0.2) is 4.47 Å². The maximum Gasteiger partial charge on any atom is 0.0738 e. The molecule has 0 aromatic carbocycles. The fourth-order valence-electron chi connectivity index (χ4n) is 1.45. The minimum Gasteiger partial charge on any atom is -0.268 e. The Morgan fingerprint density at radius 2 is 2.14 bits per heavy atom. The number of halogens is 2. The van der Waals surface area contributed by atoms with Crippen molar-refractivity contribution in [3.05, 3.63) is 15.9 Å². The number of alkyl halides is 1. The molecule has 0 radical (unpaired) electrons. The fourth-order valence-corrected chi connectivity index (χ4v) is 2.12. The van der Waals surface area contributed by atoms with Crippen LogP contribution in [0.5, 0.6) is 0 Å². The Bertz CT molecular complexity index is 307. The normalized spacial score (nSPS) is 13.2. The van der Waals surface area contributed by atoms with Gasteiger partial charge in [0.2, 0.25) is 0 Å². The molecule has 0 aliphatic carbocycles. The summed E-state index contributed by atoms with van der Waals surface area (Å²) in [6.45, 7) is 7.35. The van der Waals surface area contributed by atoms with Gasteiger partial charge in [-0.2, -0.15) is 5.10 Å². The van der Waals surface area contributed by atoms with Crippen molar-refractivity contribution in [3.63, 3.8) is 0 Å². The summed E-state index contributed by atoms with van der Waals surface area (Å²) >= 11 is 7.11. The van der Waals surface area contributed by atoms with Crippen LogP contribution in [0.25, 0.3) is 0 Å². The molecule has 0 aliphatic heterocycles. The molecule has 1 aromatic rings. The van der Waals surface area contributed by atoms with Gasteiger partial charge in [0.25, 0.3) is 0 Å². The van der Waals surface area contributed by atoms with E-state index >= 15 is 0 Å². The second kappa shape index (κ2) is 5.31. The average molecular weight is 324 g/mol. The molecule has 0 spiro atoms. The molecule has 4 heteroatoms. The lowest BCUT2D eigenvalue weighted by atomic mass is 10.1. The van der Waals surface area contributed by atoms with Gasteiger partial charge in [-0.1, -0.05) is 22.9 Å². The molecule has 0 amide bonds. The summed E-state index contributed by atoms with van der Waals surface area (Å²) in [7, 11) is 0. The van der Waals surface area contributed by atoms with Crippen LogP contribution in [-0.2, 0) is 13.0 Å². The molecule has 1 unspecified atom stereocenters. The third-order valence-electron chi connectivity index (χ3n) is 2.26. The Morgan fingerprint density at radius 3 is 2.64 bits per heavy atom. The quantitative estimate of drug-likeness (QED) is 0.775. The Balaban J connectivity index is 2.93. The zero-order valence-corrected chi connectivity index (χ0v) is 12.0. The maximum absolute atomic E-state index is 4.47. The van der Waals surface area contributed by atoms with E-state index in [4.69, 9.17) is 0 Å². The van der Waals surface area contributed by atoms with Crippen molar-refractivity contribution in [3.8, 4) is 0 Å². The minimum atomic E-state index is 0.646. The number of hydrogen-bond donors (Lipinski definition) is 0. The predicted molar refractivity (Wildman–Crippen MR) is 67.0 cm³/mol. The van der Waals surface area contributed by atoms with Crippen LogP contribution in [-0.4, -0.2) is 15.1 Å². The van der Waals surface area contributed by atoms with E-state index in [9.17, 15) is 0 Å². The van der Waals surface area contributed by atoms with Crippen molar-refractivity contribution in [2.45, 2.75) is 33.7 Å². The molecule has 0 aliphatic rings. The topological polar surface area (TPSA) is 17.8 Å². The summed E-state index contributed by atoms with van der Waals surface area (Å²) in [5, 5.41) is 5.51. The molecule has 0 fully saturated rings. The van der Waals surface area contributed by atoms with Crippen molar-refractivity contribution in [2.75, 3.05) is 5.33 Å². The van der Waals surface area contributed by atoms with Crippen molar-refractivity contribution >= 4 is 31.9 Å². The third-order valence-corrected chi connectivity index (χ3v) is 4.39. The van der Waals surface area contributed by atoms with Gasteiger partial charge < -0.3 is 0 Å². The number of nitrogens with zero attached hydrogens (tertiary/aromatic N) is 2. The van der Waals surface area contributed by atoms with Gasteiger partial charge >= 0.3 is 0 Å². The van der Waals surface area contributed by atoms with Crippen LogP contribution < -0.4 is 0 Å². The Kier molecular flexibility index (Phi) is 4.64. The van der Waals surface area contributed by atoms with Gasteiger partial charge in [-0.05, 0) is 42.1 Å². The van der Waals surface area contributed by atoms with E-state index in [1.165, 1.54) is 10.2 Å². The second-order valence-electron chi connectivity index (χ2n) is 3.63. The highest BCUT2D eigenvalue weighted by Gasteiger charge is 2.14. The highest BCUT2D eigenvalue weighted by atomic mass is 79.9. The summed E-state index contributed by atoms with van der Waals surface area (Å²) in [6.07, 6.45) is 1.07. The molecule has 0 N–H and O–H groups in total. The third kappa shape index (κ3) is 2.60. The molecular weight excluding hydrogens is 308 g/mol. The minimum absolute atomic E-state index is 0.646. The number of aromatic nitrogens is 2. The second-order valence-corrected chi connectivity index (χ2v) is 5.07. The van der Waals surface area contributed by atoms with Gasteiger partial charge in [0.15, 0.2) is 0 Å². The first-order chi connectivity index (χ1) is 6.60. The molecule has 14 heavy (non-hydrogen) atoms. The fraction of sp³-hybridized carbons (Fsp3) is 0.700. The van der Waals surface area contributed by atoms with Crippen LogP contribution in [0.3, 0.4) is 0 Å². The molecule has 0 saturated heterocycles. The predicted octanol–water partition coefficient (Wildman–Crippen LogP) is 3.55. The smallest absolute Gasteiger partial charge is 0.0738 e. The number of rotatable bonds is 4. The molecule has 1 heterocycles. The Hall–Kier alpha value is 0.170. The van der Waals surface area contributed by atoms with E-state index in [0.29, 0.717) is 5.92 Å². The first-order valence-corrected chi connectivity index (χ1v) is 6.79. The van der Waals surface area contributed by atoms with E-state index in [0.717, 1.165) is 24.0 Å². The van der Waals surface area contributed by atoms with E-state index in [2.05, 4.69) is 55.5 Å². The molecule has 1 aromatic heterocycles. The summed E-state index contributed by atoms with van der Waals surface area (Å²) in [5.41, 5.74) is 2.40. The highest BCUT2D eigenvalue weighted by molar-refractivity contribution is 9.10. The van der Waals surface area contributed by atoms with Crippen molar-refractivity contribution in [1.82, 2.24) is 9.78 Å². The van der Waals surface area contributed by atoms with Crippen molar-refractivity contribution in [1.29, 1.82) is 0 Å². The lowest BCUT2D eigenvalue weighted by Crippen LogP contribution is -2.08. The first-order valence-electron chi connectivity index (χ1n) is 4.87. The zero-order valence-electron chi connectivity index (χ0n) is 8.85. The number of hydrogen-bond acceptors (Lipinski definition) is 1. The Labute approximate surface area is 102 Å². The van der Waals surface area contributed by atoms with E-state index < -0.39 is 0 Å². The lowest BCUT2D eigenvalue weighted by molar-refractivity contribution is 0.566. The van der Waals surface area contributed by atoms with E-state index in [1.807, 2.05) is 6.92 Å². The van der Waals surface area contributed by atoms with Crippen molar-refractivity contribution < 1.29 is 0 Å². The highest BCUT2D eigenvalue weighted by Crippen LogP contribution is 2.24. The zero-order chi connectivity index (χ0) is 10.7. The van der Waals surface area contributed by atoms with E-state index in [-0.39, 0.29) is 0 Å². The molecule has 0 bridgehead atoms. The van der Waals surface area contributed by atoms with Gasteiger partial charge in [0.05, 0.1) is 15.9 Å². The largest absolute Gasteiger partial charge is 0.268 e. The van der Waals surface area contributed by atoms with Gasteiger partial charge in [0.1, 0.15) is 0 Å². The van der Waals surface area contributed by atoms with Gasteiger partial charge in [-0.3, -0.25) is 4.68 Å². The van der Waals surface area contributed by atoms with Crippen LogP contribution in [0.1, 0.15) is 25.2 Å². The first kappa shape index (κ1) is 12.2. The van der Waals surface area contributed by atoms with Gasteiger partial charge in [0, 0.05) is 11.9 Å². The van der Waals surface area contributed by atoms with E-state index in [1.54, 1.807) is 0 Å². The maximum atomic E-state index is 4.47. The average Bonchev–Trinajstić information content (AvgIpc) is 2.45. The monoisotopic (exact) mass is 322 g/mol. The molecule has 1 atom stereocenters. The SMILES string of the molecule is CCn1nc(C)c(Br)c1CC(C)CBr. The molecular formula is C10H16Br2N2. The summed E-state index contributed by atoms with van der Waals surface area (Å²) in [6, 6.07) is 0. The molecule has 80 valence electrons. The standard InChI is InChI=1S/C10H16Br2N2/c1-4-14-9(5-7(2)6-11)10(12)8(3)13-14/h7H,4-6H2,1-3H3. The molecule has 0 saturated carbocycles. The van der Waals surface area contributed by atoms with Crippen LogP contribution in [0, 0.1) is 12.8 Å². The number of aryl methyl sites for hydroxylation is 2. The van der Waals surface area contributed by atoms with Gasteiger partial charge in [-0.15, -0.1) is 0 Å². The molecule has 1 rings (SSSR count). The van der Waals surface area contributed by atoms with Gasteiger partial charge in [-0.25, -0.2) is 0 Å². The van der Waals surface area contributed by atoms with Crippen LogP contribution in [0.4, 0.5) is 0 Å². The summed E-state index contributed by atoms with van der Waals surface area (Å²) < 4.78 is 3.26.